The van der Waals surface area contributed by atoms with Gasteiger partial charge in [0.2, 0.25) is 0 Å². The molecule has 0 spiro atoms. The van der Waals surface area contributed by atoms with Gasteiger partial charge in [-0.2, -0.15) is 0 Å². The van der Waals surface area contributed by atoms with E-state index in [-0.39, 0.29) is 29.8 Å². The minimum absolute atomic E-state index is 0. The van der Waals surface area contributed by atoms with Gasteiger partial charge >= 0.3 is 0 Å². The number of piperazine rings is 2. The molecule has 0 radical (unpaired) electrons. The van der Waals surface area contributed by atoms with Gasteiger partial charge in [0.1, 0.15) is 0 Å². The summed E-state index contributed by atoms with van der Waals surface area (Å²) in [4.78, 5) is 14.5. The number of ether oxygens (including phenoxy) is 1. The van der Waals surface area contributed by atoms with Gasteiger partial charge in [0.25, 0.3) is 0 Å². The standard InChI is InChI=1S/C22H37FN6O.HI/c1-5-24-22(25-15-19-17-26(2)8-9-27(19)3)29-12-10-28(11-13-29)16-18-6-7-21(30-4)20(23)14-18;/h6-7,14,19H,5,8-13,15-17H2,1-4H3,(H,24,25);1H. The third kappa shape index (κ3) is 7.44. The lowest BCUT2D eigenvalue weighted by Gasteiger charge is -2.38. The Morgan fingerprint density at radius 1 is 1.16 bits per heavy atom. The fraction of sp³-hybridized carbons (Fsp3) is 0.682. The van der Waals surface area contributed by atoms with Gasteiger partial charge in [-0.05, 0) is 38.7 Å². The fourth-order valence-corrected chi connectivity index (χ4v) is 4.10. The summed E-state index contributed by atoms with van der Waals surface area (Å²) in [6, 6.07) is 5.69. The van der Waals surface area contributed by atoms with E-state index in [1.54, 1.807) is 12.1 Å². The van der Waals surface area contributed by atoms with Gasteiger partial charge in [0.05, 0.1) is 13.7 Å². The van der Waals surface area contributed by atoms with Crippen molar-refractivity contribution in [1.82, 2.24) is 24.9 Å². The van der Waals surface area contributed by atoms with Crippen LogP contribution in [0.3, 0.4) is 0 Å². The van der Waals surface area contributed by atoms with E-state index in [2.05, 4.69) is 45.9 Å². The molecule has 7 nitrogen and oxygen atoms in total. The summed E-state index contributed by atoms with van der Waals surface area (Å²) in [6.45, 7) is 11.5. The average molecular weight is 548 g/mol. The zero-order chi connectivity index (χ0) is 21.5. The minimum atomic E-state index is -0.298. The zero-order valence-electron chi connectivity index (χ0n) is 19.3. The van der Waals surface area contributed by atoms with E-state index in [9.17, 15) is 4.39 Å². The van der Waals surface area contributed by atoms with Crippen molar-refractivity contribution >= 4 is 29.9 Å². The van der Waals surface area contributed by atoms with E-state index >= 15 is 0 Å². The van der Waals surface area contributed by atoms with Crippen LogP contribution in [0.1, 0.15) is 12.5 Å². The number of nitrogens with one attached hydrogen (secondary N) is 1. The number of guanidine groups is 1. The van der Waals surface area contributed by atoms with Crippen molar-refractivity contribution in [3.8, 4) is 5.75 Å². The van der Waals surface area contributed by atoms with Crippen molar-refractivity contribution in [3.05, 3.63) is 29.6 Å². The maximum Gasteiger partial charge on any atom is 0.194 e. The molecule has 0 aliphatic carbocycles. The molecule has 2 heterocycles. The third-order valence-electron chi connectivity index (χ3n) is 6.06. The summed E-state index contributed by atoms with van der Waals surface area (Å²) in [7, 11) is 5.87. The van der Waals surface area contributed by atoms with Gasteiger partial charge in [-0.15, -0.1) is 24.0 Å². The SMILES string of the molecule is CCNC(=NCC1CN(C)CCN1C)N1CCN(Cc2ccc(OC)c(F)c2)CC1.I. The number of halogens is 2. The quantitative estimate of drug-likeness (QED) is 0.333. The Morgan fingerprint density at radius 2 is 1.90 bits per heavy atom. The largest absolute Gasteiger partial charge is 0.494 e. The lowest BCUT2D eigenvalue weighted by molar-refractivity contribution is 0.119. The lowest BCUT2D eigenvalue weighted by Crippen LogP contribution is -2.54. The topological polar surface area (TPSA) is 46.6 Å². The average Bonchev–Trinajstić information content (AvgIpc) is 2.74. The van der Waals surface area contributed by atoms with Crippen LogP contribution in [0.15, 0.2) is 23.2 Å². The molecule has 0 bridgehead atoms. The smallest absolute Gasteiger partial charge is 0.194 e. The summed E-state index contributed by atoms with van der Waals surface area (Å²) in [6.07, 6.45) is 0. The first-order chi connectivity index (χ1) is 14.5. The molecule has 1 aromatic carbocycles. The Labute approximate surface area is 203 Å². The molecule has 2 saturated heterocycles. The molecule has 2 aliphatic rings. The number of hydrogen-bond acceptors (Lipinski definition) is 5. The molecule has 31 heavy (non-hydrogen) atoms. The van der Waals surface area contributed by atoms with E-state index in [1.165, 1.54) is 7.11 Å². The number of rotatable bonds is 6. The van der Waals surface area contributed by atoms with E-state index in [1.807, 2.05) is 6.07 Å². The minimum Gasteiger partial charge on any atom is -0.494 e. The van der Waals surface area contributed by atoms with Crippen LogP contribution in [-0.2, 0) is 6.54 Å². The number of nitrogens with zero attached hydrogens (tertiary/aromatic N) is 5. The van der Waals surface area contributed by atoms with Crippen LogP contribution in [0.5, 0.6) is 5.75 Å². The van der Waals surface area contributed by atoms with Crippen molar-refractivity contribution < 1.29 is 9.13 Å². The van der Waals surface area contributed by atoms with Crippen molar-refractivity contribution in [1.29, 1.82) is 0 Å². The Kier molecular flexibility index (Phi) is 10.7. The summed E-state index contributed by atoms with van der Waals surface area (Å²) in [5, 5.41) is 3.46. The normalized spacial score (nSPS) is 21.6. The van der Waals surface area contributed by atoms with Crippen LogP contribution in [0.25, 0.3) is 0 Å². The summed E-state index contributed by atoms with van der Waals surface area (Å²) < 4.78 is 19.0. The number of likely N-dealkylation sites (N-methyl/N-ethyl adjacent to an activating group) is 2. The fourth-order valence-electron chi connectivity index (χ4n) is 4.10. The second-order valence-electron chi connectivity index (χ2n) is 8.32. The first-order valence-corrected chi connectivity index (χ1v) is 11.0. The molecular weight excluding hydrogens is 510 g/mol. The summed E-state index contributed by atoms with van der Waals surface area (Å²) in [5.74, 6) is 1.01. The Hall–Kier alpha value is -1.17. The van der Waals surface area contributed by atoms with E-state index in [0.29, 0.717) is 11.8 Å². The second-order valence-corrected chi connectivity index (χ2v) is 8.32. The maximum atomic E-state index is 14.0. The van der Waals surface area contributed by atoms with E-state index in [4.69, 9.17) is 9.73 Å². The van der Waals surface area contributed by atoms with Crippen molar-refractivity contribution in [2.45, 2.75) is 19.5 Å². The van der Waals surface area contributed by atoms with Gasteiger partial charge in [-0.25, -0.2) is 4.39 Å². The zero-order valence-corrected chi connectivity index (χ0v) is 21.6. The van der Waals surface area contributed by atoms with E-state index < -0.39 is 0 Å². The molecular formula is C22H38FIN6O. The third-order valence-corrected chi connectivity index (χ3v) is 6.06. The van der Waals surface area contributed by atoms with Crippen LogP contribution in [0.2, 0.25) is 0 Å². The lowest BCUT2D eigenvalue weighted by atomic mass is 10.2. The first kappa shape index (κ1) is 26.1. The van der Waals surface area contributed by atoms with Gasteiger partial charge in [0.15, 0.2) is 17.5 Å². The van der Waals surface area contributed by atoms with Gasteiger partial charge in [-0.1, -0.05) is 6.07 Å². The Morgan fingerprint density at radius 3 is 2.55 bits per heavy atom. The number of methoxy groups -OCH3 is 1. The molecule has 176 valence electrons. The van der Waals surface area contributed by atoms with Crippen molar-refractivity contribution in [2.75, 3.05) is 80.1 Å². The molecule has 1 unspecified atom stereocenters. The molecule has 3 rings (SSSR count). The molecule has 1 N–H and O–H groups in total. The highest BCUT2D eigenvalue weighted by atomic mass is 127. The molecule has 2 fully saturated rings. The second kappa shape index (κ2) is 12.8. The van der Waals surface area contributed by atoms with Gasteiger partial charge in [-0.3, -0.25) is 14.8 Å². The highest BCUT2D eigenvalue weighted by Crippen LogP contribution is 2.19. The highest BCUT2D eigenvalue weighted by Gasteiger charge is 2.24. The van der Waals surface area contributed by atoms with Crippen molar-refractivity contribution in [3.63, 3.8) is 0 Å². The monoisotopic (exact) mass is 548 g/mol. The van der Waals surface area contributed by atoms with Crippen LogP contribution in [-0.4, -0.2) is 112 Å². The van der Waals surface area contributed by atoms with Gasteiger partial charge < -0.3 is 19.9 Å². The Balaban J connectivity index is 0.00000341. The Bertz CT molecular complexity index is 713. The molecule has 2 aliphatic heterocycles. The predicted octanol–water partition coefficient (Wildman–Crippen LogP) is 1.78. The van der Waals surface area contributed by atoms with Crippen LogP contribution in [0, 0.1) is 5.82 Å². The van der Waals surface area contributed by atoms with Crippen LogP contribution >= 0.6 is 24.0 Å². The highest BCUT2D eigenvalue weighted by molar-refractivity contribution is 14.0. The molecule has 0 amide bonds. The first-order valence-electron chi connectivity index (χ1n) is 11.0. The molecule has 1 atom stereocenters. The van der Waals surface area contributed by atoms with Crippen LogP contribution in [0.4, 0.5) is 4.39 Å². The predicted molar refractivity (Wildman–Crippen MR) is 135 cm³/mol. The van der Waals surface area contributed by atoms with Crippen molar-refractivity contribution in [2.24, 2.45) is 4.99 Å². The molecule has 9 heteroatoms. The van der Waals surface area contributed by atoms with E-state index in [0.717, 1.165) is 77.0 Å². The van der Waals surface area contributed by atoms with Crippen LogP contribution < -0.4 is 10.1 Å². The number of benzene rings is 1. The maximum absolute atomic E-state index is 14.0. The van der Waals surface area contributed by atoms with Gasteiger partial charge in [0, 0.05) is 64.9 Å². The number of hydrogen-bond donors (Lipinski definition) is 1. The molecule has 0 saturated carbocycles. The summed E-state index contributed by atoms with van der Waals surface area (Å²) >= 11 is 0. The number of aliphatic imine (C=N–C) groups is 1. The molecule has 1 aromatic rings. The summed E-state index contributed by atoms with van der Waals surface area (Å²) in [5.41, 5.74) is 0.978. The molecule has 0 aromatic heterocycles.